The van der Waals surface area contributed by atoms with Crippen LogP contribution in [-0.4, -0.2) is 36.0 Å². The zero-order chi connectivity index (χ0) is 13.4. The topological polar surface area (TPSA) is 32.3 Å². The maximum atomic E-state index is 13.9. The van der Waals surface area contributed by atoms with Crippen LogP contribution in [0.1, 0.15) is 29.6 Å². The summed E-state index contributed by atoms with van der Waals surface area (Å²) in [7, 11) is 0. The number of rotatable bonds is 1. The van der Waals surface area contributed by atoms with Gasteiger partial charge in [0.1, 0.15) is 5.82 Å². The van der Waals surface area contributed by atoms with E-state index in [1.165, 1.54) is 12.5 Å². The van der Waals surface area contributed by atoms with Gasteiger partial charge in [0.2, 0.25) is 0 Å². The summed E-state index contributed by atoms with van der Waals surface area (Å²) in [5, 5.41) is 3.52. The molecule has 0 spiro atoms. The minimum atomic E-state index is -0.457. The van der Waals surface area contributed by atoms with E-state index in [-0.39, 0.29) is 23.9 Å². The van der Waals surface area contributed by atoms with Gasteiger partial charge in [0.15, 0.2) is 0 Å². The Morgan fingerprint density at radius 3 is 2.80 bits per heavy atom. The lowest BCUT2D eigenvalue weighted by molar-refractivity contribution is 0.0743. The Balaban J connectivity index is 0.00000147. The van der Waals surface area contributed by atoms with Crippen LogP contribution in [0.4, 0.5) is 4.39 Å². The highest BCUT2D eigenvalue weighted by molar-refractivity contribution is 9.10. The minimum absolute atomic E-state index is 0. The van der Waals surface area contributed by atoms with Crippen LogP contribution in [0.3, 0.4) is 0 Å². The van der Waals surface area contributed by atoms with Crippen LogP contribution in [0, 0.1) is 5.82 Å². The summed E-state index contributed by atoms with van der Waals surface area (Å²) in [6, 6.07) is 5.50. The molecule has 3 nitrogen and oxygen atoms in total. The Kier molecular flexibility index (Phi) is 5.04. The predicted molar refractivity (Wildman–Crippen MR) is 81.8 cm³/mol. The van der Waals surface area contributed by atoms with E-state index in [2.05, 4.69) is 21.2 Å². The van der Waals surface area contributed by atoms with Crippen LogP contribution in [0.5, 0.6) is 0 Å². The molecule has 2 aliphatic heterocycles. The molecule has 2 saturated heterocycles. The molecule has 0 aliphatic carbocycles. The number of carbonyl (C=O) groups excluding carboxylic acids is 1. The molecule has 1 aromatic rings. The van der Waals surface area contributed by atoms with Crippen molar-refractivity contribution in [1.29, 1.82) is 0 Å². The van der Waals surface area contributed by atoms with Crippen molar-refractivity contribution >= 4 is 34.2 Å². The lowest BCUT2D eigenvalue weighted by Crippen LogP contribution is -2.39. The molecule has 2 atom stereocenters. The van der Waals surface area contributed by atoms with Crippen molar-refractivity contribution in [2.45, 2.75) is 31.3 Å². The molecule has 110 valence electrons. The Bertz CT molecular complexity index is 514. The minimum Gasteiger partial charge on any atom is -0.337 e. The molecule has 2 aliphatic rings. The molecule has 2 bridgehead atoms. The van der Waals surface area contributed by atoms with Gasteiger partial charge in [-0.1, -0.05) is 15.9 Å². The summed E-state index contributed by atoms with van der Waals surface area (Å²) >= 11 is 3.21. The molecule has 1 amide bonds. The summed E-state index contributed by atoms with van der Waals surface area (Å²) < 4.78 is 14.5. The van der Waals surface area contributed by atoms with Gasteiger partial charge in [0, 0.05) is 29.6 Å². The van der Waals surface area contributed by atoms with E-state index in [9.17, 15) is 9.18 Å². The fourth-order valence-electron chi connectivity index (χ4n) is 2.96. The van der Waals surface area contributed by atoms with E-state index in [1.54, 1.807) is 17.0 Å². The largest absolute Gasteiger partial charge is 0.337 e. The third-order valence-electron chi connectivity index (χ3n) is 3.97. The number of hydrogen-bond acceptors (Lipinski definition) is 2. The SMILES string of the molecule is Cl.O=C(c1ccc(Br)cc1F)N1CCC2CCC(C1)N2. The first kappa shape index (κ1) is 15.7. The first-order valence-electron chi connectivity index (χ1n) is 6.64. The maximum Gasteiger partial charge on any atom is 0.256 e. The van der Waals surface area contributed by atoms with E-state index in [0.717, 1.165) is 12.8 Å². The van der Waals surface area contributed by atoms with Crippen molar-refractivity contribution in [1.82, 2.24) is 10.2 Å². The molecule has 0 aromatic heterocycles. The van der Waals surface area contributed by atoms with Crippen molar-refractivity contribution in [2.24, 2.45) is 0 Å². The van der Waals surface area contributed by atoms with Gasteiger partial charge in [-0.05, 0) is 37.5 Å². The van der Waals surface area contributed by atoms with Crippen molar-refractivity contribution in [3.05, 3.63) is 34.1 Å². The highest BCUT2D eigenvalue weighted by Crippen LogP contribution is 2.23. The fourth-order valence-corrected chi connectivity index (χ4v) is 3.29. The molecule has 6 heteroatoms. The molecule has 2 fully saturated rings. The van der Waals surface area contributed by atoms with Crippen LogP contribution >= 0.6 is 28.3 Å². The summed E-state index contributed by atoms with van der Waals surface area (Å²) in [5.41, 5.74) is 0.168. The molecule has 2 unspecified atom stereocenters. The average molecular weight is 364 g/mol. The first-order valence-corrected chi connectivity index (χ1v) is 7.43. The van der Waals surface area contributed by atoms with Crippen molar-refractivity contribution in [3.8, 4) is 0 Å². The molecular formula is C14H17BrClFN2O. The van der Waals surface area contributed by atoms with E-state index in [1.807, 2.05) is 0 Å². The summed E-state index contributed by atoms with van der Waals surface area (Å²) in [5.74, 6) is -0.652. The third-order valence-corrected chi connectivity index (χ3v) is 4.47. The van der Waals surface area contributed by atoms with Crippen molar-refractivity contribution in [2.75, 3.05) is 13.1 Å². The quantitative estimate of drug-likeness (QED) is 0.832. The third kappa shape index (κ3) is 3.15. The summed E-state index contributed by atoms with van der Waals surface area (Å²) in [4.78, 5) is 14.2. The van der Waals surface area contributed by atoms with Gasteiger partial charge in [-0.25, -0.2) is 4.39 Å². The van der Waals surface area contributed by atoms with E-state index in [0.29, 0.717) is 29.6 Å². The van der Waals surface area contributed by atoms with E-state index < -0.39 is 5.82 Å². The van der Waals surface area contributed by atoms with Gasteiger partial charge < -0.3 is 10.2 Å². The van der Waals surface area contributed by atoms with Gasteiger partial charge in [-0.15, -0.1) is 12.4 Å². The van der Waals surface area contributed by atoms with Gasteiger partial charge in [0.25, 0.3) is 5.91 Å². The monoisotopic (exact) mass is 362 g/mol. The van der Waals surface area contributed by atoms with Crippen molar-refractivity contribution in [3.63, 3.8) is 0 Å². The smallest absolute Gasteiger partial charge is 0.256 e. The standard InChI is InChI=1S/C14H16BrFN2O.ClH/c15-9-1-4-12(13(16)7-9)14(19)18-6-5-10-2-3-11(8-18)17-10;/h1,4,7,10-11,17H,2-3,5-6,8H2;1H. The molecule has 2 heterocycles. The van der Waals surface area contributed by atoms with Gasteiger partial charge in [-0.3, -0.25) is 4.79 Å². The Labute approximate surface area is 132 Å². The first-order chi connectivity index (χ1) is 9.13. The molecular weight excluding hydrogens is 347 g/mol. The predicted octanol–water partition coefficient (Wildman–Crippen LogP) is 2.98. The Morgan fingerprint density at radius 2 is 2.05 bits per heavy atom. The van der Waals surface area contributed by atoms with Gasteiger partial charge in [-0.2, -0.15) is 0 Å². The van der Waals surface area contributed by atoms with Crippen LogP contribution in [0.15, 0.2) is 22.7 Å². The molecule has 1 aromatic carbocycles. The second-order valence-electron chi connectivity index (χ2n) is 5.30. The molecule has 20 heavy (non-hydrogen) atoms. The highest BCUT2D eigenvalue weighted by Gasteiger charge is 2.32. The zero-order valence-corrected chi connectivity index (χ0v) is 13.3. The van der Waals surface area contributed by atoms with Gasteiger partial charge >= 0.3 is 0 Å². The fraction of sp³-hybridized carbons (Fsp3) is 0.500. The number of hydrogen-bond donors (Lipinski definition) is 1. The van der Waals surface area contributed by atoms with Gasteiger partial charge in [0.05, 0.1) is 5.56 Å². The normalized spacial score (nSPS) is 25.0. The molecule has 0 radical (unpaired) electrons. The second-order valence-corrected chi connectivity index (χ2v) is 6.22. The number of nitrogens with zero attached hydrogens (tertiary/aromatic N) is 1. The zero-order valence-electron chi connectivity index (χ0n) is 10.9. The van der Waals surface area contributed by atoms with Crippen LogP contribution in [0.25, 0.3) is 0 Å². The number of amides is 1. The van der Waals surface area contributed by atoms with Crippen LogP contribution in [-0.2, 0) is 0 Å². The van der Waals surface area contributed by atoms with E-state index in [4.69, 9.17) is 0 Å². The number of fused-ring (bicyclic) bond motifs is 2. The summed E-state index contributed by atoms with van der Waals surface area (Å²) in [6.45, 7) is 1.40. The average Bonchev–Trinajstić information content (AvgIpc) is 2.68. The number of carbonyl (C=O) groups is 1. The number of nitrogens with one attached hydrogen (secondary N) is 1. The number of benzene rings is 1. The Morgan fingerprint density at radius 1 is 1.30 bits per heavy atom. The maximum absolute atomic E-state index is 13.9. The molecule has 0 saturated carbocycles. The highest BCUT2D eigenvalue weighted by atomic mass is 79.9. The van der Waals surface area contributed by atoms with Crippen LogP contribution in [0.2, 0.25) is 0 Å². The Hall–Kier alpha value is -0.650. The molecule has 3 rings (SSSR count). The summed E-state index contributed by atoms with van der Waals surface area (Å²) in [6.07, 6.45) is 3.26. The second kappa shape index (κ2) is 6.41. The van der Waals surface area contributed by atoms with Crippen LogP contribution < -0.4 is 5.32 Å². The lowest BCUT2D eigenvalue weighted by Gasteiger charge is -2.24. The number of likely N-dealkylation sites (tertiary alicyclic amines) is 1. The van der Waals surface area contributed by atoms with Crippen molar-refractivity contribution < 1.29 is 9.18 Å². The van der Waals surface area contributed by atoms with E-state index >= 15 is 0 Å². The number of halogens is 3. The lowest BCUT2D eigenvalue weighted by atomic mass is 10.1. The molecule has 1 N–H and O–H groups in total.